The Balaban J connectivity index is 2.91. The minimum absolute atomic E-state index is 0.331. The Labute approximate surface area is 111 Å². The Bertz CT molecular complexity index is 172. The Morgan fingerprint density at radius 1 is 0.882 bits per heavy atom. The number of hydrogen-bond donors (Lipinski definition) is 1. The van der Waals surface area contributed by atoms with Crippen LogP contribution in [0.2, 0.25) is 0 Å². The van der Waals surface area contributed by atoms with E-state index in [1.165, 1.54) is 50.7 Å². The lowest BCUT2D eigenvalue weighted by Crippen LogP contribution is -1.94. The third-order valence-corrected chi connectivity index (χ3v) is 3.98. The molecule has 0 aromatic rings. The van der Waals surface area contributed by atoms with Crippen molar-refractivity contribution in [2.75, 3.05) is 11.5 Å². The van der Waals surface area contributed by atoms with Gasteiger partial charge >= 0.3 is 5.97 Å². The molecule has 2 nitrogen and oxygen atoms in total. The van der Waals surface area contributed by atoms with E-state index in [1.807, 2.05) is 11.8 Å². The minimum atomic E-state index is -0.665. The number of carboxylic acids is 1. The molecule has 0 amide bonds. The summed E-state index contributed by atoms with van der Waals surface area (Å²) in [5.74, 6) is 1.71. The van der Waals surface area contributed by atoms with E-state index in [0.29, 0.717) is 6.42 Å². The van der Waals surface area contributed by atoms with E-state index in [4.69, 9.17) is 5.11 Å². The average Bonchev–Trinajstić information content (AvgIpc) is 2.30. The zero-order valence-corrected chi connectivity index (χ0v) is 12.1. The van der Waals surface area contributed by atoms with Crippen LogP contribution in [-0.4, -0.2) is 22.6 Å². The van der Waals surface area contributed by atoms with E-state index in [0.717, 1.165) is 18.6 Å². The fourth-order valence-electron chi connectivity index (χ4n) is 1.74. The lowest BCUT2D eigenvalue weighted by atomic mass is 10.1. The number of thioether (sulfide) groups is 1. The van der Waals surface area contributed by atoms with E-state index in [1.54, 1.807) is 0 Å². The largest absolute Gasteiger partial charge is 0.481 e. The summed E-state index contributed by atoms with van der Waals surface area (Å²) >= 11 is 1.98. The molecule has 0 atom stereocenters. The molecule has 0 heterocycles. The first kappa shape index (κ1) is 16.8. The highest BCUT2D eigenvalue weighted by atomic mass is 32.2. The van der Waals surface area contributed by atoms with E-state index in [-0.39, 0.29) is 0 Å². The molecule has 0 bridgehead atoms. The van der Waals surface area contributed by atoms with Gasteiger partial charge in [-0.2, -0.15) is 11.8 Å². The molecule has 17 heavy (non-hydrogen) atoms. The number of carbonyl (C=O) groups is 1. The summed E-state index contributed by atoms with van der Waals surface area (Å²) in [6.07, 6.45) is 11.8. The maximum absolute atomic E-state index is 10.3. The molecule has 0 aliphatic carbocycles. The summed E-state index contributed by atoms with van der Waals surface area (Å²) in [6.45, 7) is 2.25. The normalized spacial score (nSPS) is 10.6. The van der Waals surface area contributed by atoms with Crippen LogP contribution in [0.1, 0.15) is 71.1 Å². The number of hydrogen-bond acceptors (Lipinski definition) is 2. The molecule has 0 saturated heterocycles. The second-order valence-corrected chi connectivity index (χ2v) is 5.81. The Kier molecular flexibility index (Phi) is 13.7. The van der Waals surface area contributed by atoms with Crippen LogP contribution in [0.3, 0.4) is 0 Å². The maximum atomic E-state index is 10.3. The zero-order chi connectivity index (χ0) is 12.8. The van der Waals surface area contributed by atoms with Crippen molar-refractivity contribution in [2.45, 2.75) is 71.1 Å². The summed E-state index contributed by atoms with van der Waals surface area (Å²) in [5, 5.41) is 8.47. The van der Waals surface area contributed by atoms with Crippen molar-refractivity contribution < 1.29 is 9.90 Å². The molecule has 0 aliphatic rings. The predicted molar refractivity (Wildman–Crippen MR) is 76.8 cm³/mol. The van der Waals surface area contributed by atoms with Gasteiger partial charge in [-0.3, -0.25) is 4.79 Å². The van der Waals surface area contributed by atoms with Gasteiger partial charge in [-0.15, -0.1) is 0 Å². The van der Waals surface area contributed by atoms with Crippen LogP contribution in [0.4, 0.5) is 0 Å². The van der Waals surface area contributed by atoms with Crippen LogP contribution in [0.15, 0.2) is 0 Å². The van der Waals surface area contributed by atoms with E-state index in [9.17, 15) is 4.79 Å². The summed E-state index contributed by atoms with van der Waals surface area (Å²) in [7, 11) is 0. The molecule has 0 saturated carbocycles. The van der Waals surface area contributed by atoms with E-state index < -0.39 is 5.97 Å². The first-order chi connectivity index (χ1) is 8.27. The van der Waals surface area contributed by atoms with E-state index in [2.05, 4.69) is 6.92 Å². The van der Waals surface area contributed by atoms with Crippen LogP contribution in [-0.2, 0) is 4.79 Å². The highest BCUT2D eigenvalue weighted by Crippen LogP contribution is 2.12. The fraction of sp³-hybridized carbons (Fsp3) is 0.929. The lowest BCUT2D eigenvalue weighted by Gasteiger charge is -2.02. The molecule has 0 rings (SSSR count). The van der Waals surface area contributed by atoms with Gasteiger partial charge in [0.2, 0.25) is 0 Å². The quantitative estimate of drug-likeness (QED) is 0.487. The average molecular weight is 260 g/mol. The Morgan fingerprint density at radius 2 is 1.41 bits per heavy atom. The smallest absolute Gasteiger partial charge is 0.303 e. The maximum Gasteiger partial charge on any atom is 0.303 e. The molecule has 0 aliphatic heterocycles. The van der Waals surface area contributed by atoms with Gasteiger partial charge in [0, 0.05) is 6.42 Å². The number of aliphatic carboxylic acids is 1. The molecular weight excluding hydrogens is 232 g/mol. The van der Waals surface area contributed by atoms with Gasteiger partial charge in [0.1, 0.15) is 0 Å². The summed E-state index contributed by atoms with van der Waals surface area (Å²) in [4.78, 5) is 10.3. The molecule has 0 radical (unpaired) electrons. The van der Waals surface area contributed by atoms with Crippen LogP contribution in [0.25, 0.3) is 0 Å². The minimum Gasteiger partial charge on any atom is -0.481 e. The lowest BCUT2D eigenvalue weighted by molar-refractivity contribution is -0.137. The highest BCUT2D eigenvalue weighted by Gasteiger charge is 1.96. The molecule has 1 N–H and O–H groups in total. The third kappa shape index (κ3) is 15.8. The van der Waals surface area contributed by atoms with Gasteiger partial charge in [-0.05, 0) is 30.8 Å². The van der Waals surface area contributed by atoms with E-state index >= 15 is 0 Å². The molecule has 0 aromatic carbocycles. The molecule has 0 unspecified atom stereocenters. The van der Waals surface area contributed by atoms with Crippen molar-refractivity contribution in [1.82, 2.24) is 0 Å². The molecule has 0 spiro atoms. The van der Waals surface area contributed by atoms with Crippen LogP contribution in [0, 0.1) is 0 Å². The molecular formula is C14H28O2S. The topological polar surface area (TPSA) is 37.3 Å². The fourth-order valence-corrected chi connectivity index (χ4v) is 2.76. The van der Waals surface area contributed by atoms with Crippen molar-refractivity contribution in [3.63, 3.8) is 0 Å². The second kappa shape index (κ2) is 13.9. The molecule has 3 heteroatoms. The Morgan fingerprint density at radius 3 is 2.00 bits per heavy atom. The van der Waals surface area contributed by atoms with Gasteiger partial charge in [0.05, 0.1) is 0 Å². The van der Waals surface area contributed by atoms with Crippen LogP contribution < -0.4 is 0 Å². The van der Waals surface area contributed by atoms with Crippen LogP contribution in [0.5, 0.6) is 0 Å². The number of carboxylic acid groups (broad SMARTS) is 1. The summed E-state index contributed by atoms with van der Waals surface area (Å²) in [5.41, 5.74) is 0. The number of rotatable bonds is 13. The first-order valence-electron chi connectivity index (χ1n) is 7.07. The molecule has 102 valence electrons. The zero-order valence-electron chi connectivity index (χ0n) is 11.2. The third-order valence-electron chi connectivity index (χ3n) is 2.82. The van der Waals surface area contributed by atoms with Gasteiger partial charge in [-0.25, -0.2) is 0 Å². The van der Waals surface area contributed by atoms with Crippen LogP contribution >= 0.6 is 11.8 Å². The van der Waals surface area contributed by atoms with Crippen molar-refractivity contribution >= 4 is 17.7 Å². The highest BCUT2D eigenvalue weighted by molar-refractivity contribution is 7.99. The molecule has 0 fully saturated rings. The molecule has 0 aromatic heterocycles. The van der Waals surface area contributed by atoms with Crippen molar-refractivity contribution in [1.29, 1.82) is 0 Å². The van der Waals surface area contributed by atoms with Crippen molar-refractivity contribution in [3.05, 3.63) is 0 Å². The SMILES string of the molecule is CCCCCCCCCSCCCCC(=O)O. The second-order valence-electron chi connectivity index (χ2n) is 4.58. The predicted octanol–water partition coefficient (Wildman–Crippen LogP) is 4.73. The van der Waals surface area contributed by atoms with Gasteiger partial charge in [0.25, 0.3) is 0 Å². The Hall–Kier alpha value is -0.180. The first-order valence-corrected chi connectivity index (χ1v) is 8.22. The summed E-state index contributed by atoms with van der Waals surface area (Å²) < 4.78 is 0. The number of unbranched alkanes of at least 4 members (excludes halogenated alkanes) is 7. The van der Waals surface area contributed by atoms with Gasteiger partial charge in [0.15, 0.2) is 0 Å². The monoisotopic (exact) mass is 260 g/mol. The standard InChI is InChI=1S/C14H28O2S/c1-2-3-4-5-6-7-9-12-17-13-10-8-11-14(15)16/h2-13H2,1H3,(H,15,16). The van der Waals surface area contributed by atoms with Gasteiger partial charge < -0.3 is 5.11 Å². The van der Waals surface area contributed by atoms with Crippen molar-refractivity contribution in [2.24, 2.45) is 0 Å². The van der Waals surface area contributed by atoms with Gasteiger partial charge in [-0.1, -0.05) is 45.4 Å². The summed E-state index contributed by atoms with van der Waals surface area (Å²) in [6, 6.07) is 0. The van der Waals surface area contributed by atoms with Crippen molar-refractivity contribution in [3.8, 4) is 0 Å².